The molecule has 0 aliphatic heterocycles. The lowest BCUT2D eigenvalue weighted by molar-refractivity contribution is 1.28. The lowest BCUT2D eigenvalue weighted by Gasteiger charge is -2.26. The third kappa shape index (κ3) is 17.7. The Labute approximate surface area is 761 Å². The van der Waals surface area contributed by atoms with Crippen LogP contribution in [-0.2, 0) is 0 Å². The Morgan fingerprint density at radius 2 is 0.403 bits per heavy atom. The van der Waals surface area contributed by atoms with E-state index in [1.165, 1.54) is 171 Å². The quantitative estimate of drug-likeness (QED) is 0.0955. The molecule has 22 aromatic carbocycles. The number of benzene rings is 22. The molecule has 0 saturated carbocycles. The summed E-state index contributed by atoms with van der Waals surface area (Å²) in [5, 5.41) is 14.2. The molecular weight excluding hydrogens is 1580 g/mol. The molecule has 0 aliphatic rings. The first kappa shape index (κ1) is 83.6. The van der Waals surface area contributed by atoms with E-state index < -0.39 is 0 Å². The lowest BCUT2D eigenvalue weighted by atomic mass is 9.78. The van der Waals surface area contributed by atoms with Crippen molar-refractivity contribution in [1.29, 1.82) is 0 Å². The maximum atomic E-state index is 5.92. The Morgan fingerprint density at radius 1 is 0.163 bits per heavy atom. The largest absolute Gasteiger partial charge is 0.356 e. The molecule has 4 heteroatoms. The number of nitrogens with zero attached hydrogens (tertiary/aromatic N) is 1. The second-order valence-corrected chi connectivity index (χ2v) is 32.3. The van der Waals surface area contributed by atoms with Gasteiger partial charge in [0.2, 0.25) is 0 Å². The molecule has 4 N–H and O–H groups in total. The van der Waals surface area contributed by atoms with Crippen LogP contribution in [0.5, 0.6) is 0 Å². The van der Waals surface area contributed by atoms with Gasteiger partial charge in [-0.25, -0.2) is 0 Å². The molecule has 3 nitrogen and oxygen atoms in total. The molecule has 0 aromatic heterocycles. The van der Waals surface area contributed by atoms with Crippen LogP contribution in [0.4, 0.5) is 28.4 Å². The number of nitrogens with one attached hydrogen (secondary N) is 1. The Kier molecular flexibility index (Phi) is 25.2. The zero-order valence-electron chi connectivity index (χ0n) is 70.7. The predicted molar refractivity (Wildman–Crippen MR) is 556 cm³/mol. The summed E-state index contributed by atoms with van der Waals surface area (Å²) in [5.41, 5.74) is 34.6. The number of halogens is 1. The van der Waals surface area contributed by atoms with Crippen LogP contribution >= 0.6 is 11.6 Å². The SMILES string of the molecule is C.Clc1ccc(-c2cccc3ccccc23)cc1.N.c1ccc(-c2c(-c3ccccc3)c(-c3ccccc3)c3cc(-c4ccc(N(c5ccccc5)c5ccc(-c6cccc7ccccc67)cc5)cc4)ccc3c2-c2ccccc2)cc1.c1ccc(Nc2ccc(-c3ccc4c(-c5ccccc5)c(-c5ccccc5)c(-c5ccccc5)c(-c5ccccc5)c4c3)cc2)cc1. The zero-order valence-corrected chi connectivity index (χ0v) is 71.4. The third-order valence-corrected chi connectivity index (χ3v) is 24.3. The van der Waals surface area contributed by atoms with E-state index in [9.17, 15) is 0 Å². The summed E-state index contributed by atoms with van der Waals surface area (Å²) in [6.45, 7) is 0. The van der Waals surface area contributed by atoms with Crippen LogP contribution in [0.15, 0.2) is 522 Å². The molecule has 22 aromatic rings. The van der Waals surface area contributed by atoms with E-state index in [-0.39, 0.29) is 13.6 Å². The summed E-state index contributed by atoms with van der Waals surface area (Å²) in [5.74, 6) is 0. The van der Waals surface area contributed by atoms with E-state index in [0.717, 1.165) is 39.0 Å². The van der Waals surface area contributed by atoms with Crippen LogP contribution in [0.2, 0.25) is 5.02 Å². The Bertz CT molecular complexity index is 7530. The predicted octanol–water partition coefficient (Wildman–Crippen LogP) is 36.3. The first-order valence-electron chi connectivity index (χ1n) is 43.4. The highest BCUT2D eigenvalue weighted by atomic mass is 35.5. The fourth-order valence-corrected chi connectivity index (χ4v) is 18.3. The second kappa shape index (κ2) is 38.9. The molecule has 0 atom stereocenters. The molecule has 0 fully saturated rings. The van der Waals surface area contributed by atoms with Crippen molar-refractivity contribution >= 4 is 83.1 Å². The normalized spacial score (nSPS) is 10.9. The number of para-hydroxylation sites is 2. The van der Waals surface area contributed by atoms with Gasteiger partial charge in [0, 0.05) is 33.5 Å². The first-order valence-corrected chi connectivity index (χ1v) is 43.7. The van der Waals surface area contributed by atoms with Gasteiger partial charge < -0.3 is 16.4 Å². The molecule has 0 saturated heterocycles. The van der Waals surface area contributed by atoms with Crippen molar-refractivity contribution < 1.29 is 0 Å². The van der Waals surface area contributed by atoms with Gasteiger partial charge in [-0.3, -0.25) is 0 Å². The van der Waals surface area contributed by atoms with E-state index in [4.69, 9.17) is 11.6 Å². The van der Waals surface area contributed by atoms with Crippen molar-refractivity contribution in [3.05, 3.63) is 527 Å². The van der Waals surface area contributed by atoms with Crippen molar-refractivity contribution in [2.75, 3.05) is 10.2 Å². The Balaban J connectivity index is 0.000000149. The monoisotopic (exact) mass is 1670 g/mol. The molecule has 0 amide bonds. The molecule has 129 heavy (non-hydrogen) atoms. The number of fused-ring (bicyclic) bond motifs is 4. The number of hydrogen-bond acceptors (Lipinski definition) is 3. The van der Waals surface area contributed by atoms with E-state index in [1.54, 1.807) is 0 Å². The molecule has 0 radical (unpaired) electrons. The molecule has 0 bridgehead atoms. The third-order valence-electron chi connectivity index (χ3n) is 24.0. The van der Waals surface area contributed by atoms with Crippen molar-refractivity contribution in [2.24, 2.45) is 0 Å². The van der Waals surface area contributed by atoms with E-state index in [2.05, 4.69) is 502 Å². The van der Waals surface area contributed by atoms with Crippen LogP contribution in [-0.4, -0.2) is 0 Å². The maximum Gasteiger partial charge on any atom is 0.0462 e. The Hall–Kier alpha value is -16.3. The number of anilines is 5. The summed E-state index contributed by atoms with van der Waals surface area (Å²) in [6.07, 6.45) is 0. The van der Waals surface area contributed by atoms with Gasteiger partial charge >= 0.3 is 0 Å². The minimum absolute atomic E-state index is 0. The van der Waals surface area contributed by atoms with Gasteiger partial charge in [-0.15, -0.1) is 0 Å². The number of rotatable bonds is 17. The fourth-order valence-electron chi connectivity index (χ4n) is 18.2. The van der Waals surface area contributed by atoms with E-state index >= 15 is 0 Å². The summed E-state index contributed by atoms with van der Waals surface area (Å²) >= 11 is 5.92. The smallest absolute Gasteiger partial charge is 0.0462 e. The van der Waals surface area contributed by atoms with Crippen molar-refractivity contribution in [3.8, 4) is 134 Å². The van der Waals surface area contributed by atoms with Crippen molar-refractivity contribution in [1.82, 2.24) is 6.15 Å². The Morgan fingerprint density at radius 3 is 0.744 bits per heavy atom. The van der Waals surface area contributed by atoms with Gasteiger partial charge in [0.1, 0.15) is 0 Å². The van der Waals surface area contributed by atoms with Gasteiger partial charge in [-0.05, 0) is 262 Å². The minimum atomic E-state index is 0. The van der Waals surface area contributed by atoms with Crippen LogP contribution in [0.25, 0.3) is 177 Å². The molecule has 0 aliphatic carbocycles. The zero-order chi connectivity index (χ0) is 85.0. The average molecular weight is 1670 g/mol. The van der Waals surface area contributed by atoms with E-state index in [0.29, 0.717) is 0 Å². The molecule has 0 unspecified atom stereocenters. The van der Waals surface area contributed by atoms with Gasteiger partial charge in [-0.1, -0.05) is 456 Å². The van der Waals surface area contributed by atoms with Gasteiger partial charge in [0.25, 0.3) is 0 Å². The van der Waals surface area contributed by atoms with Crippen LogP contribution in [0, 0.1) is 0 Å². The average Bonchev–Trinajstić information content (AvgIpc) is 0.724. The van der Waals surface area contributed by atoms with Gasteiger partial charge in [0.15, 0.2) is 0 Å². The van der Waals surface area contributed by atoms with Crippen LogP contribution < -0.4 is 16.4 Å². The highest BCUT2D eigenvalue weighted by molar-refractivity contribution is 6.30. The maximum absolute atomic E-state index is 5.92. The van der Waals surface area contributed by atoms with Crippen LogP contribution in [0.3, 0.4) is 0 Å². The van der Waals surface area contributed by atoms with Gasteiger partial charge in [0.05, 0.1) is 0 Å². The summed E-state index contributed by atoms with van der Waals surface area (Å²) in [6, 6.07) is 187. The summed E-state index contributed by atoms with van der Waals surface area (Å²) in [7, 11) is 0. The van der Waals surface area contributed by atoms with Crippen molar-refractivity contribution in [2.45, 2.75) is 7.43 Å². The standard InChI is InChI=1S/C62H43N.C46H33N.C16H11Cl.CH4.H3N/c1-6-20-47(21-7-1)59-57-42-37-51(43-58(57)60(48-22-8-2-9-23-48)62(50-26-12-4-13-27-50)61(59)49-24-10-3-11-25-49)44-33-38-53(39-34-44)63(52-29-14-5-15-30-52)54-40-35-46(36-41-54)56-32-18-28-45-19-16-17-31-55(45)56;1-6-16-34(17-7-1)43-41-31-28-38(33-26-29-40(30-27-33)47-39-24-14-5-15-25-39)32-42(41)44(35-18-8-2-9-19-35)46(37-22-12-4-13-23-37)45(43)36-20-10-3-11-21-36;17-14-10-8-13(9-11-14)16-7-3-5-12-4-1-2-6-15(12)16;;/h1-43H;1-32,47H;1-11H;1H4;1H3. The first-order chi connectivity index (χ1) is 63.0. The highest BCUT2D eigenvalue weighted by Crippen LogP contribution is 2.54. The minimum Gasteiger partial charge on any atom is -0.356 e. The molecule has 0 spiro atoms. The molecule has 616 valence electrons. The molecule has 22 rings (SSSR count). The summed E-state index contributed by atoms with van der Waals surface area (Å²) in [4.78, 5) is 2.34. The highest BCUT2D eigenvalue weighted by Gasteiger charge is 2.28. The fraction of sp³-hybridized carbons (Fsp3) is 0.00800. The van der Waals surface area contributed by atoms with Crippen molar-refractivity contribution in [3.63, 3.8) is 0 Å². The summed E-state index contributed by atoms with van der Waals surface area (Å²) < 4.78 is 0. The molecular formula is C125H94ClN3. The lowest BCUT2D eigenvalue weighted by Crippen LogP contribution is -2.09. The topological polar surface area (TPSA) is 50.3 Å². The second-order valence-electron chi connectivity index (χ2n) is 31.8. The number of hydrogen-bond donors (Lipinski definition) is 2. The molecule has 0 heterocycles. The van der Waals surface area contributed by atoms with E-state index in [1.807, 2.05) is 30.3 Å². The van der Waals surface area contributed by atoms with Crippen LogP contribution in [0.1, 0.15) is 7.43 Å². The van der Waals surface area contributed by atoms with Gasteiger partial charge in [-0.2, -0.15) is 0 Å².